The van der Waals surface area contributed by atoms with E-state index in [0.717, 1.165) is 9.13 Å². The van der Waals surface area contributed by atoms with Gasteiger partial charge in [-0.2, -0.15) is 4.98 Å². The van der Waals surface area contributed by atoms with E-state index in [4.69, 9.17) is 26.4 Å². The van der Waals surface area contributed by atoms with Crippen LogP contribution < -0.4 is 25.1 Å². The van der Waals surface area contributed by atoms with Crippen molar-refractivity contribution in [3.8, 4) is 23.2 Å². The van der Waals surface area contributed by atoms with Gasteiger partial charge in [0.25, 0.3) is 17.3 Å². The minimum Gasteiger partial charge on any atom is -0.496 e. The van der Waals surface area contributed by atoms with E-state index in [1.165, 1.54) is 32.0 Å². The second-order valence-corrected chi connectivity index (χ2v) is 8.99. The minimum atomic E-state index is -0.453. The lowest BCUT2D eigenvalue weighted by molar-refractivity contribution is 0.0950. The predicted molar refractivity (Wildman–Crippen MR) is 143 cm³/mol. The number of aromatic amines is 1. The second kappa shape index (κ2) is 10.4. The van der Waals surface area contributed by atoms with E-state index >= 15 is 0 Å². The minimum absolute atomic E-state index is 0.0979. The summed E-state index contributed by atoms with van der Waals surface area (Å²) in [6.45, 7) is 0.360. The van der Waals surface area contributed by atoms with E-state index in [-0.39, 0.29) is 33.5 Å². The summed E-state index contributed by atoms with van der Waals surface area (Å²) < 4.78 is 18.4. The first kappa shape index (κ1) is 24.7. The number of amides is 1. The van der Waals surface area contributed by atoms with E-state index in [1.54, 1.807) is 18.2 Å². The van der Waals surface area contributed by atoms with Gasteiger partial charge in [-0.25, -0.2) is 4.57 Å². The third-order valence-corrected chi connectivity index (χ3v) is 6.27. The van der Waals surface area contributed by atoms with Crippen LogP contribution in [0, 0.1) is 8.34 Å². The van der Waals surface area contributed by atoms with Crippen LogP contribution in [0.15, 0.2) is 53.3 Å². The summed E-state index contributed by atoms with van der Waals surface area (Å²) in [5.74, 6) is 0.787. The average molecular weight is 604 g/mol. The van der Waals surface area contributed by atoms with Crippen molar-refractivity contribution in [3.05, 3.63) is 78.4 Å². The number of carbonyl (C=O) groups is 1. The molecule has 2 aromatic heterocycles. The summed E-state index contributed by atoms with van der Waals surface area (Å²) >= 11 is 7.68. The Hall–Kier alpha value is -3.45. The van der Waals surface area contributed by atoms with E-state index in [2.05, 4.69) is 37.9 Å². The molecule has 1 amide bonds. The molecule has 0 aliphatic heterocycles. The van der Waals surface area contributed by atoms with Gasteiger partial charge in [0.05, 0.1) is 26.8 Å². The highest BCUT2D eigenvalue weighted by molar-refractivity contribution is 14.1. The smallest absolute Gasteiger partial charge is 0.271 e. The molecule has 0 spiro atoms. The first-order valence-corrected chi connectivity index (χ1v) is 11.8. The van der Waals surface area contributed by atoms with Crippen LogP contribution in [0.1, 0.15) is 15.9 Å². The Balaban J connectivity index is 1.75. The normalized spacial score (nSPS) is 10.7. The number of H-pyrrole nitrogens is 1. The van der Waals surface area contributed by atoms with Crippen LogP contribution in [0.25, 0.3) is 16.7 Å². The van der Waals surface area contributed by atoms with Crippen LogP contribution in [0.2, 0.25) is 0 Å². The zero-order valence-electron chi connectivity index (χ0n) is 19.0. The van der Waals surface area contributed by atoms with E-state index in [9.17, 15) is 9.59 Å². The zero-order chi connectivity index (χ0) is 25.1. The maximum atomic E-state index is 13.5. The maximum Gasteiger partial charge on any atom is 0.271 e. The number of ether oxygens (including phenoxy) is 3. The van der Waals surface area contributed by atoms with Gasteiger partial charge in [-0.3, -0.25) is 9.59 Å². The Kier molecular flexibility index (Phi) is 7.36. The topological polar surface area (TPSA) is 107 Å². The molecular weight excluding hydrogens is 583 g/mol. The van der Waals surface area contributed by atoms with Gasteiger partial charge in [-0.1, -0.05) is 12.1 Å². The highest BCUT2D eigenvalue weighted by atomic mass is 127. The number of rotatable bonds is 7. The third kappa shape index (κ3) is 5.00. The number of hydrogen-bond donors (Lipinski definition) is 2. The molecule has 0 saturated heterocycles. The molecule has 4 rings (SSSR count). The molecule has 2 heterocycles. The Morgan fingerprint density at radius 2 is 1.77 bits per heavy atom. The summed E-state index contributed by atoms with van der Waals surface area (Å²) in [6.07, 6.45) is 0. The summed E-state index contributed by atoms with van der Waals surface area (Å²) in [6, 6.07) is 14.2. The molecule has 0 saturated carbocycles. The van der Waals surface area contributed by atoms with Gasteiger partial charge in [-0.05, 0) is 76.8 Å². The van der Waals surface area contributed by atoms with Crippen molar-refractivity contribution in [2.45, 2.75) is 6.54 Å². The first-order chi connectivity index (χ1) is 16.9. The lowest BCUT2D eigenvalue weighted by Crippen LogP contribution is -2.24. The fourth-order valence-corrected chi connectivity index (χ4v) is 4.19. The fourth-order valence-electron chi connectivity index (χ4n) is 3.54. The monoisotopic (exact) mass is 604 g/mol. The van der Waals surface area contributed by atoms with Crippen LogP contribution in [0.5, 0.6) is 17.4 Å². The Labute approximate surface area is 219 Å². The molecule has 4 aromatic rings. The Morgan fingerprint density at radius 1 is 1.06 bits per heavy atom. The number of fused-ring (bicyclic) bond motifs is 1. The number of carbonyl (C=O) groups excluding carboxylic acids is 1. The van der Waals surface area contributed by atoms with Gasteiger partial charge in [0.2, 0.25) is 0 Å². The van der Waals surface area contributed by atoms with Crippen molar-refractivity contribution in [1.29, 1.82) is 0 Å². The quantitative estimate of drug-likeness (QED) is 0.243. The first-order valence-electron chi connectivity index (χ1n) is 10.4. The molecule has 0 aliphatic rings. The van der Waals surface area contributed by atoms with Gasteiger partial charge in [0.1, 0.15) is 17.0 Å². The van der Waals surface area contributed by atoms with Crippen LogP contribution in [0.4, 0.5) is 0 Å². The Morgan fingerprint density at radius 3 is 2.43 bits per heavy atom. The van der Waals surface area contributed by atoms with Crippen molar-refractivity contribution in [1.82, 2.24) is 19.9 Å². The van der Waals surface area contributed by atoms with Crippen LogP contribution in [-0.2, 0) is 6.54 Å². The Bertz CT molecular complexity index is 1530. The summed E-state index contributed by atoms with van der Waals surface area (Å²) in [4.78, 5) is 33.7. The highest BCUT2D eigenvalue weighted by Gasteiger charge is 2.18. The van der Waals surface area contributed by atoms with Gasteiger partial charge in [0, 0.05) is 15.7 Å². The molecular formula is C24H21IN4O5S. The lowest BCUT2D eigenvalue weighted by atomic mass is 10.1. The molecule has 180 valence electrons. The summed E-state index contributed by atoms with van der Waals surface area (Å²) in [5.41, 5.74) is 1.21. The largest absolute Gasteiger partial charge is 0.496 e. The molecule has 0 aliphatic carbocycles. The highest BCUT2D eigenvalue weighted by Crippen LogP contribution is 2.27. The average Bonchev–Trinajstić information content (AvgIpc) is 2.87. The molecule has 35 heavy (non-hydrogen) atoms. The number of methoxy groups -OCH3 is 3. The van der Waals surface area contributed by atoms with Gasteiger partial charge < -0.3 is 24.5 Å². The van der Waals surface area contributed by atoms with Crippen molar-refractivity contribution in [2.75, 3.05) is 21.3 Å². The number of aromatic nitrogens is 3. The molecule has 2 N–H and O–H groups in total. The van der Waals surface area contributed by atoms with Crippen LogP contribution in [-0.4, -0.2) is 41.8 Å². The molecule has 0 bridgehead atoms. The molecule has 0 atom stereocenters. The van der Waals surface area contributed by atoms with E-state index < -0.39 is 5.56 Å². The molecule has 0 fully saturated rings. The predicted octanol–water partition coefficient (Wildman–Crippen LogP) is 4.00. The van der Waals surface area contributed by atoms with E-state index in [0.29, 0.717) is 23.4 Å². The number of pyridine rings is 1. The maximum absolute atomic E-state index is 13.5. The summed E-state index contributed by atoms with van der Waals surface area (Å²) in [7, 11) is 4.38. The number of nitrogens with one attached hydrogen (secondary N) is 2. The molecule has 0 unspecified atom stereocenters. The van der Waals surface area contributed by atoms with Crippen molar-refractivity contribution in [2.24, 2.45) is 0 Å². The zero-order valence-corrected chi connectivity index (χ0v) is 22.0. The number of benzene rings is 2. The fraction of sp³-hybridized carbons (Fsp3) is 0.167. The molecule has 11 heteroatoms. The number of hydrogen-bond acceptors (Lipinski definition) is 7. The molecule has 0 radical (unpaired) electrons. The third-order valence-electron chi connectivity index (χ3n) is 5.27. The number of nitrogens with zero attached hydrogens (tertiary/aromatic N) is 2. The lowest BCUT2D eigenvalue weighted by Gasteiger charge is -2.13. The SMILES string of the molecule is COc1ccc(-n2c(=S)[nH]c3cc(C(=O)NCc4ccc(I)cc4)cc(OC)c3c2=O)nc1OC. The van der Waals surface area contributed by atoms with Gasteiger partial charge in [-0.15, -0.1) is 0 Å². The van der Waals surface area contributed by atoms with Crippen molar-refractivity contribution >= 4 is 51.6 Å². The number of halogens is 1. The van der Waals surface area contributed by atoms with Crippen molar-refractivity contribution < 1.29 is 19.0 Å². The molecule has 2 aromatic carbocycles. The van der Waals surface area contributed by atoms with E-state index in [1.807, 2.05) is 24.3 Å². The second-order valence-electron chi connectivity index (χ2n) is 7.36. The van der Waals surface area contributed by atoms with Crippen LogP contribution in [0.3, 0.4) is 0 Å². The standard InChI is InChI=1S/C24H21IN4O5S/c1-32-17-8-9-19(28-22(17)34-3)29-23(31)20-16(27-24(29)35)10-14(11-18(20)33-2)21(30)26-12-13-4-6-15(25)7-5-13/h4-11H,12H2,1-3H3,(H,26,30)(H,27,35). The van der Waals surface area contributed by atoms with Crippen LogP contribution >= 0.6 is 34.8 Å². The van der Waals surface area contributed by atoms with Gasteiger partial charge in [0.15, 0.2) is 10.5 Å². The van der Waals surface area contributed by atoms with Crippen molar-refractivity contribution in [3.63, 3.8) is 0 Å². The molecule has 9 nitrogen and oxygen atoms in total. The summed E-state index contributed by atoms with van der Waals surface area (Å²) in [5, 5.41) is 3.11. The van der Waals surface area contributed by atoms with Gasteiger partial charge >= 0.3 is 0 Å².